The van der Waals surface area contributed by atoms with Gasteiger partial charge in [-0.2, -0.15) is 0 Å². The van der Waals surface area contributed by atoms with E-state index in [-0.39, 0.29) is 17.6 Å². The van der Waals surface area contributed by atoms with Gasteiger partial charge in [0.15, 0.2) is 0 Å². The summed E-state index contributed by atoms with van der Waals surface area (Å²) in [4.78, 5) is 15.6. The molecule has 0 aromatic heterocycles. The van der Waals surface area contributed by atoms with Crippen LogP contribution in [0.5, 0.6) is 0 Å². The van der Waals surface area contributed by atoms with Crippen LogP contribution in [0.15, 0.2) is 72.5 Å². The van der Waals surface area contributed by atoms with Gasteiger partial charge in [0.05, 0.1) is 6.04 Å². The van der Waals surface area contributed by atoms with Crippen LogP contribution >= 0.6 is 0 Å². The Balaban J connectivity index is 1.35. The molecule has 1 amide bonds. The molecular weight excluding hydrogens is 427 g/mol. The van der Waals surface area contributed by atoms with Gasteiger partial charge < -0.3 is 10.1 Å². The van der Waals surface area contributed by atoms with Crippen molar-refractivity contribution in [1.29, 1.82) is 0 Å². The molecular formula is C29H35FN2O2. The smallest absolute Gasteiger partial charge is 0.223 e. The predicted octanol–water partition coefficient (Wildman–Crippen LogP) is 5.56. The number of amides is 1. The largest absolute Gasteiger partial charge is 0.493 e. The number of ether oxygens (including phenoxy) is 1. The zero-order chi connectivity index (χ0) is 23.8. The average molecular weight is 463 g/mol. The van der Waals surface area contributed by atoms with E-state index in [0.29, 0.717) is 12.2 Å². The zero-order valence-electron chi connectivity index (χ0n) is 20.0. The van der Waals surface area contributed by atoms with E-state index in [1.807, 2.05) is 24.3 Å². The quantitative estimate of drug-likeness (QED) is 0.531. The monoisotopic (exact) mass is 462 g/mol. The van der Waals surface area contributed by atoms with Crippen molar-refractivity contribution in [2.24, 2.45) is 5.92 Å². The molecule has 4 nitrogen and oxygen atoms in total. The standard InChI is InChI=1S/C29H35FN2O2/c1-2-22-9-8-10-24(21-22)28(26-13-6-7-14-27(26)30)31-29(33)23-15-17-32(18-16-23)19-20-34-25-11-4-3-5-12-25/h4,6-14,21,23,28H,2-3,5,15-20H2,1H3,(H,31,33). The first-order chi connectivity index (χ1) is 16.6. The van der Waals surface area contributed by atoms with E-state index < -0.39 is 6.04 Å². The summed E-state index contributed by atoms with van der Waals surface area (Å²) in [5.41, 5.74) is 2.59. The molecule has 2 aliphatic rings. The number of carbonyl (C=O) groups excluding carboxylic acids is 1. The van der Waals surface area contributed by atoms with E-state index in [1.54, 1.807) is 12.1 Å². The second-order valence-corrected chi connectivity index (χ2v) is 9.11. The SMILES string of the molecule is CCc1cccc(C(NC(=O)C2CCN(CCOC3=CCCC=C3)CC2)c2ccccc2F)c1. The van der Waals surface area contributed by atoms with Crippen LogP contribution in [0.1, 0.15) is 55.3 Å². The van der Waals surface area contributed by atoms with Crippen LogP contribution < -0.4 is 5.32 Å². The fraction of sp³-hybridized carbons (Fsp3) is 0.414. The Morgan fingerprint density at radius 3 is 2.71 bits per heavy atom. The molecule has 1 atom stereocenters. The number of nitrogens with zero attached hydrogens (tertiary/aromatic N) is 1. The van der Waals surface area contributed by atoms with Gasteiger partial charge in [-0.3, -0.25) is 9.69 Å². The number of likely N-dealkylation sites (tertiary alicyclic amines) is 1. The van der Waals surface area contributed by atoms with Crippen LogP contribution in [0, 0.1) is 11.7 Å². The molecule has 0 spiro atoms. The van der Waals surface area contributed by atoms with Gasteiger partial charge in [0, 0.05) is 18.0 Å². The van der Waals surface area contributed by atoms with Gasteiger partial charge in [-0.15, -0.1) is 0 Å². The van der Waals surface area contributed by atoms with Gasteiger partial charge >= 0.3 is 0 Å². The topological polar surface area (TPSA) is 41.6 Å². The summed E-state index contributed by atoms with van der Waals surface area (Å²) in [7, 11) is 0. The van der Waals surface area contributed by atoms with Gasteiger partial charge in [0.2, 0.25) is 5.91 Å². The number of aryl methyl sites for hydroxylation is 1. The molecule has 2 aromatic rings. The number of piperidine rings is 1. The Kier molecular flexibility index (Phi) is 8.53. The van der Waals surface area contributed by atoms with Crippen LogP contribution in [0.4, 0.5) is 4.39 Å². The van der Waals surface area contributed by atoms with E-state index in [2.05, 4.69) is 41.4 Å². The van der Waals surface area contributed by atoms with Crippen molar-refractivity contribution in [2.75, 3.05) is 26.2 Å². The lowest BCUT2D eigenvalue weighted by molar-refractivity contribution is -0.127. The van der Waals surface area contributed by atoms with Gasteiger partial charge in [0.1, 0.15) is 18.2 Å². The molecule has 180 valence electrons. The van der Waals surface area contributed by atoms with Gasteiger partial charge in [-0.1, -0.05) is 55.5 Å². The van der Waals surface area contributed by atoms with Crippen molar-refractivity contribution in [3.05, 3.63) is 95.0 Å². The molecule has 1 saturated heterocycles. The van der Waals surface area contributed by atoms with Gasteiger partial charge in [0.25, 0.3) is 0 Å². The first-order valence-corrected chi connectivity index (χ1v) is 12.5. The summed E-state index contributed by atoms with van der Waals surface area (Å²) in [5, 5.41) is 3.18. The molecule has 2 aromatic carbocycles. The van der Waals surface area contributed by atoms with Crippen molar-refractivity contribution in [2.45, 2.75) is 45.1 Å². The molecule has 0 radical (unpaired) electrons. The minimum Gasteiger partial charge on any atom is -0.493 e. The molecule has 1 aliphatic carbocycles. The van der Waals surface area contributed by atoms with E-state index >= 15 is 0 Å². The molecule has 4 rings (SSSR count). The van der Waals surface area contributed by atoms with Gasteiger partial charge in [-0.25, -0.2) is 4.39 Å². The van der Waals surface area contributed by atoms with Crippen molar-refractivity contribution in [3.8, 4) is 0 Å². The van der Waals surface area contributed by atoms with Crippen LogP contribution in [-0.4, -0.2) is 37.0 Å². The Morgan fingerprint density at radius 1 is 1.15 bits per heavy atom. The number of rotatable bonds is 9. The maximum absolute atomic E-state index is 14.7. The van der Waals surface area contributed by atoms with E-state index in [0.717, 1.165) is 63.1 Å². The van der Waals surface area contributed by atoms with Crippen LogP contribution in [0.3, 0.4) is 0 Å². The van der Waals surface area contributed by atoms with Crippen LogP contribution in [0.2, 0.25) is 0 Å². The average Bonchev–Trinajstić information content (AvgIpc) is 2.89. The van der Waals surface area contributed by atoms with E-state index in [4.69, 9.17) is 4.74 Å². The fourth-order valence-electron chi connectivity index (χ4n) is 4.71. The number of nitrogens with one attached hydrogen (secondary N) is 1. The number of halogens is 1. The minimum absolute atomic E-state index is 0.00329. The van der Waals surface area contributed by atoms with Crippen LogP contribution in [0.25, 0.3) is 0 Å². The molecule has 1 aliphatic heterocycles. The lowest BCUT2D eigenvalue weighted by Gasteiger charge is -2.32. The first kappa shape index (κ1) is 24.2. The highest BCUT2D eigenvalue weighted by Gasteiger charge is 2.28. The third kappa shape index (κ3) is 6.35. The van der Waals surface area contributed by atoms with Crippen molar-refractivity contribution in [3.63, 3.8) is 0 Å². The van der Waals surface area contributed by atoms with Crippen molar-refractivity contribution < 1.29 is 13.9 Å². The zero-order valence-corrected chi connectivity index (χ0v) is 20.0. The molecule has 1 fully saturated rings. The normalized spacial score (nSPS) is 17.8. The summed E-state index contributed by atoms with van der Waals surface area (Å²) < 4.78 is 20.6. The summed E-state index contributed by atoms with van der Waals surface area (Å²) in [6.45, 7) is 5.35. The van der Waals surface area contributed by atoms with E-state index in [9.17, 15) is 9.18 Å². The highest BCUT2D eigenvalue weighted by Crippen LogP contribution is 2.27. The third-order valence-corrected chi connectivity index (χ3v) is 6.79. The highest BCUT2D eigenvalue weighted by atomic mass is 19.1. The Hall–Kier alpha value is -2.92. The molecule has 1 unspecified atom stereocenters. The Labute approximate surface area is 202 Å². The molecule has 1 N–H and O–H groups in total. The molecule has 5 heteroatoms. The third-order valence-electron chi connectivity index (χ3n) is 6.79. The first-order valence-electron chi connectivity index (χ1n) is 12.5. The summed E-state index contributed by atoms with van der Waals surface area (Å²) in [5.74, 6) is 0.604. The maximum Gasteiger partial charge on any atom is 0.223 e. The van der Waals surface area contributed by atoms with Gasteiger partial charge in [-0.05, 0) is 74.5 Å². The summed E-state index contributed by atoms with van der Waals surface area (Å²) in [6.07, 6.45) is 10.9. The molecule has 0 saturated carbocycles. The predicted molar refractivity (Wildman–Crippen MR) is 134 cm³/mol. The molecule has 34 heavy (non-hydrogen) atoms. The van der Waals surface area contributed by atoms with Crippen molar-refractivity contribution in [1.82, 2.24) is 10.2 Å². The Morgan fingerprint density at radius 2 is 1.97 bits per heavy atom. The molecule has 1 heterocycles. The lowest BCUT2D eigenvalue weighted by atomic mass is 9.92. The second-order valence-electron chi connectivity index (χ2n) is 9.11. The van der Waals surface area contributed by atoms with Crippen molar-refractivity contribution >= 4 is 5.91 Å². The second kappa shape index (κ2) is 12.0. The lowest BCUT2D eigenvalue weighted by Crippen LogP contribution is -2.42. The number of carbonyl (C=O) groups is 1. The molecule has 0 bridgehead atoms. The maximum atomic E-state index is 14.7. The number of hydrogen-bond acceptors (Lipinski definition) is 3. The number of allylic oxidation sites excluding steroid dienone is 3. The highest BCUT2D eigenvalue weighted by molar-refractivity contribution is 5.79. The summed E-state index contributed by atoms with van der Waals surface area (Å²) >= 11 is 0. The minimum atomic E-state index is -0.497. The number of hydrogen-bond donors (Lipinski definition) is 1. The fourth-order valence-corrected chi connectivity index (χ4v) is 4.71. The van der Waals surface area contributed by atoms with E-state index in [1.165, 1.54) is 11.6 Å². The van der Waals surface area contributed by atoms with Crippen LogP contribution in [-0.2, 0) is 16.0 Å². The number of benzene rings is 2. The summed E-state index contributed by atoms with van der Waals surface area (Å²) in [6, 6.07) is 14.3. The Bertz CT molecular complexity index is 1020.